The van der Waals surface area contributed by atoms with Crippen molar-refractivity contribution >= 4 is 69.8 Å². The van der Waals surface area contributed by atoms with Crippen LogP contribution >= 0.6 is 23.2 Å². The first-order valence-corrected chi connectivity index (χ1v) is 22.8. The summed E-state index contributed by atoms with van der Waals surface area (Å²) in [5.41, 5.74) is 2.51. The Balaban J connectivity index is 0.832. The molecule has 5 aliphatic heterocycles. The predicted octanol–water partition coefficient (Wildman–Crippen LogP) is 6.75. The van der Waals surface area contributed by atoms with Gasteiger partial charge in [0.2, 0.25) is 23.6 Å². The van der Waals surface area contributed by atoms with Crippen LogP contribution in [0.25, 0.3) is 0 Å². The molecule has 16 heteroatoms. The maximum Gasteiger partial charge on any atom is 0.255 e. The number of rotatable bonds is 8. The summed E-state index contributed by atoms with van der Waals surface area (Å²) in [5, 5.41) is 27.6. The smallest absolute Gasteiger partial charge is 0.255 e. The molecule has 4 aromatic carbocycles. The van der Waals surface area contributed by atoms with Crippen LogP contribution in [-0.4, -0.2) is 81.2 Å². The molecule has 4 aromatic rings. The first-order chi connectivity index (χ1) is 30.9. The number of aliphatic hydroxyl groups excluding tert-OH is 1. The molecule has 5 amide bonds. The van der Waals surface area contributed by atoms with Gasteiger partial charge in [-0.2, -0.15) is 0 Å². The molecule has 0 aromatic heterocycles. The summed E-state index contributed by atoms with van der Waals surface area (Å²) >= 11 is 12.8. The Morgan fingerprint density at radius 3 is 2.39 bits per heavy atom. The second-order valence-electron chi connectivity index (χ2n) is 18.0. The highest BCUT2D eigenvalue weighted by atomic mass is 35.5. The van der Waals surface area contributed by atoms with Gasteiger partial charge in [-0.05, 0) is 91.3 Å². The van der Waals surface area contributed by atoms with Gasteiger partial charge in [-0.15, -0.1) is 0 Å². The number of carbonyl (C=O) groups is 5. The van der Waals surface area contributed by atoms with Crippen molar-refractivity contribution in [2.24, 2.45) is 0 Å². The van der Waals surface area contributed by atoms with Gasteiger partial charge in [0, 0.05) is 76.8 Å². The van der Waals surface area contributed by atoms with Crippen LogP contribution in [0.15, 0.2) is 78.9 Å². The van der Waals surface area contributed by atoms with Crippen LogP contribution in [0.1, 0.15) is 103 Å². The highest BCUT2D eigenvalue weighted by Crippen LogP contribution is 2.63. The van der Waals surface area contributed by atoms with Crippen molar-refractivity contribution in [3.63, 3.8) is 0 Å². The fraction of sp³-hybridized carbons (Fsp3) is 0.396. The Labute approximate surface area is 379 Å². The van der Waals surface area contributed by atoms with Crippen molar-refractivity contribution in [2.75, 3.05) is 29.0 Å². The SMILES string of the molecule is O=C1CCC(N2Cc3c(NC4CCN(C(O)c5ccc(NC(=O)[C@@H]6NC7(CCCCC7)[C@@]7(C(=O)Nc8cc(Cl)ccc87)[C@H]6c6cccc(Cl)c6F)cc5)CC4)cccc3C2=O)C(=O)N1. The lowest BCUT2D eigenvalue weighted by Crippen LogP contribution is -2.60. The molecule has 2 spiro atoms. The van der Waals surface area contributed by atoms with E-state index in [0.717, 1.165) is 43.4 Å². The second kappa shape index (κ2) is 16.6. The Hall–Kier alpha value is -5.38. The van der Waals surface area contributed by atoms with E-state index >= 15 is 4.39 Å². The molecular weight excluding hydrogens is 860 g/mol. The number of hydrogen-bond acceptors (Lipinski definition) is 9. The number of aliphatic hydroxyl groups is 1. The Bertz CT molecular complexity index is 2580. The number of carbonyl (C=O) groups excluding carboxylic acids is 5. The molecule has 5 atom stereocenters. The minimum Gasteiger partial charge on any atom is -0.382 e. The number of amides is 5. The molecule has 0 radical (unpaired) electrons. The minimum absolute atomic E-state index is 0.0779. The lowest BCUT2D eigenvalue weighted by Gasteiger charge is -2.47. The van der Waals surface area contributed by atoms with E-state index in [2.05, 4.69) is 26.6 Å². The topological polar surface area (TPSA) is 172 Å². The first-order valence-electron chi connectivity index (χ1n) is 22.1. The molecule has 1 aliphatic carbocycles. The number of halogens is 3. The van der Waals surface area contributed by atoms with E-state index in [9.17, 15) is 29.1 Å². The highest BCUT2D eigenvalue weighted by molar-refractivity contribution is 6.31. The molecule has 6 aliphatic rings. The molecule has 6 N–H and O–H groups in total. The number of likely N-dealkylation sites (tertiary alicyclic amines) is 1. The van der Waals surface area contributed by atoms with Crippen molar-refractivity contribution < 1.29 is 33.5 Å². The summed E-state index contributed by atoms with van der Waals surface area (Å²) in [6, 6.07) is 20.9. The zero-order valence-electron chi connectivity index (χ0n) is 34.9. The molecule has 13 nitrogen and oxygen atoms in total. The van der Waals surface area contributed by atoms with Crippen LogP contribution in [0.2, 0.25) is 10.0 Å². The monoisotopic (exact) mass is 907 g/mol. The van der Waals surface area contributed by atoms with E-state index in [0.29, 0.717) is 65.4 Å². The lowest BCUT2D eigenvalue weighted by molar-refractivity contribution is -0.137. The molecule has 64 heavy (non-hydrogen) atoms. The van der Waals surface area contributed by atoms with Gasteiger partial charge in [-0.25, -0.2) is 4.39 Å². The van der Waals surface area contributed by atoms with Crippen molar-refractivity contribution in [3.8, 4) is 0 Å². The third kappa shape index (κ3) is 6.96. The van der Waals surface area contributed by atoms with Gasteiger partial charge >= 0.3 is 0 Å². The van der Waals surface area contributed by atoms with Crippen molar-refractivity contribution in [3.05, 3.63) is 123 Å². The average molecular weight is 909 g/mol. The molecule has 332 valence electrons. The van der Waals surface area contributed by atoms with Crippen LogP contribution in [0, 0.1) is 5.82 Å². The van der Waals surface area contributed by atoms with E-state index in [1.54, 1.807) is 59.5 Å². The summed E-state index contributed by atoms with van der Waals surface area (Å²) < 4.78 is 16.3. The van der Waals surface area contributed by atoms with Crippen LogP contribution < -0.4 is 26.6 Å². The molecule has 4 fully saturated rings. The molecule has 5 heterocycles. The standard InChI is InChI=1S/C48H48Cl2FN7O6/c49-27-12-15-33-36(24-27)54-46(64)48(33)39(31-7-4-8-34(50)40(31)51)41(56-47(48)20-2-1-3-21-47)43(61)53-28-13-10-26(11-14-28)44(62)57-22-18-29(19-23-57)52-35-9-5-6-30-32(35)25-58(45(30)63)37-16-17-38(59)55-42(37)60/h4-15,24,29,37,39,41,44,52,56,62H,1-3,16-23,25H2,(H,53,61)(H,54,64)(H,55,59,60)/t37?,39-,41+,44?,48+/m0/s1. The Morgan fingerprint density at radius 2 is 1.64 bits per heavy atom. The number of imide groups is 1. The number of nitrogens with one attached hydrogen (secondary N) is 5. The van der Waals surface area contributed by atoms with Crippen LogP contribution in [0.3, 0.4) is 0 Å². The summed E-state index contributed by atoms with van der Waals surface area (Å²) in [6.45, 7) is 1.46. The maximum absolute atomic E-state index is 16.3. The summed E-state index contributed by atoms with van der Waals surface area (Å²) in [7, 11) is 0. The largest absolute Gasteiger partial charge is 0.382 e. The van der Waals surface area contributed by atoms with Crippen molar-refractivity contribution in [1.82, 2.24) is 20.4 Å². The van der Waals surface area contributed by atoms with Crippen LogP contribution in [-0.2, 0) is 31.1 Å². The Morgan fingerprint density at radius 1 is 0.891 bits per heavy atom. The fourth-order valence-corrected chi connectivity index (χ4v) is 12.0. The number of fused-ring (bicyclic) bond motifs is 4. The lowest BCUT2D eigenvalue weighted by atomic mass is 9.55. The summed E-state index contributed by atoms with van der Waals surface area (Å²) in [6.07, 6.45) is 4.86. The van der Waals surface area contributed by atoms with Gasteiger partial charge in [-0.3, -0.25) is 39.5 Å². The minimum atomic E-state index is -1.35. The maximum atomic E-state index is 16.3. The predicted molar refractivity (Wildman–Crippen MR) is 239 cm³/mol. The van der Waals surface area contributed by atoms with Gasteiger partial charge < -0.3 is 26.0 Å². The highest BCUT2D eigenvalue weighted by Gasteiger charge is 2.72. The van der Waals surface area contributed by atoms with E-state index in [1.165, 1.54) is 6.07 Å². The number of nitrogens with zero attached hydrogens (tertiary/aromatic N) is 2. The quantitative estimate of drug-likeness (QED) is 0.105. The van der Waals surface area contributed by atoms with Crippen LogP contribution in [0.5, 0.6) is 0 Å². The van der Waals surface area contributed by atoms with Crippen molar-refractivity contribution in [1.29, 1.82) is 0 Å². The van der Waals surface area contributed by atoms with Crippen LogP contribution in [0.4, 0.5) is 21.5 Å². The first kappa shape index (κ1) is 42.6. The molecule has 10 rings (SSSR count). The van der Waals surface area contributed by atoms with Crippen molar-refractivity contribution in [2.45, 2.75) is 106 Å². The molecule has 1 saturated carbocycles. The van der Waals surface area contributed by atoms with E-state index < -0.39 is 52.8 Å². The zero-order chi connectivity index (χ0) is 44.5. The third-order valence-corrected chi connectivity index (χ3v) is 15.1. The summed E-state index contributed by atoms with van der Waals surface area (Å²) in [4.78, 5) is 70.5. The van der Waals surface area contributed by atoms with Gasteiger partial charge in [-0.1, -0.05) is 78.9 Å². The molecular formula is C48H48Cl2FN7O6. The number of piperidine rings is 2. The van der Waals surface area contributed by atoms with Gasteiger partial charge in [0.15, 0.2) is 0 Å². The van der Waals surface area contributed by atoms with Gasteiger partial charge in [0.1, 0.15) is 23.5 Å². The molecule has 3 saturated heterocycles. The molecule has 0 bridgehead atoms. The van der Waals surface area contributed by atoms with Gasteiger partial charge in [0.05, 0.1) is 11.1 Å². The average Bonchev–Trinajstić information content (AvgIpc) is 3.89. The van der Waals surface area contributed by atoms with E-state index in [4.69, 9.17) is 23.2 Å². The number of hydrogen-bond donors (Lipinski definition) is 6. The fourth-order valence-electron chi connectivity index (χ4n) is 11.6. The number of anilines is 3. The Kier molecular flexibility index (Phi) is 11.0. The van der Waals surface area contributed by atoms with E-state index in [-0.39, 0.29) is 47.3 Å². The second-order valence-corrected chi connectivity index (χ2v) is 18.9. The van der Waals surface area contributed by atoms with Gasteiger partial charge in [0.25, 0.3) is 5.91 Å². The molecule has 2 unspecified atom stereocenters. The summed E-state index contributed by atoms with van der Waals surface area (Å²) in [5.74, 6) is -3.38. The zero-order valence-corrected chi connectivity index (χ0v) is 36.4. The van der Waals surface area contributed by atoms with E-state index in [1.807, 2.05) is 23.1 Å². The third-order valence-electron chi connectivity index (χ3n) is 14.6. The number of benzene rings is 4. The normalized spacial score (nSPS) is 25.9.